The van der Waals surface area contributed by atoms with E-state index < -0.39 is 0 Å². The maximum absolute atomic E-state index is 13.2. The van der Waals surface area contributed by atoms with Gasteiger partial charge in [0.2, 0.25) is 5.95 Å². The van der Waals surface area contributed by atoms with E-state index in [0.29, 0.717) is 38.3 Å². The molecule has 0 bridgehead atoms. The second-order valence-corrected chi connectivity index (χ2v) is 10.8. The van der Waals surface area contributed by atoms with Crippen molar-refractivity contribution in [1.29, 1.82) is 0 Å². The molecule has 9 nitrogen and oxygen atoms in total. The fraction of sp³-hybridized carbons (Fsp3) is 0.357. The number of nitrogens with zero attached hydrogens (tertiary/aromatic N) is 7. The third-order valence-electron chi connectivity index (χ3n) is 6.89. The van der Waals surface area contributed by atoms with Gasteiger partial charge in [-0.1, -0.05) is 29.3 Å². The van der Waals surface area contributed by atoms with Crippen molar-refractivity contribution in [3.63, 3.8) is 0 Å². The standard InChI is InChI=1S/C28H32Cl2N8O/c1-19-25-22(27(39)38(34-19)26-23(29)6-4-7-24(26)30)18-31-28(33-25)32-20-8-10-21(11-9-20)37-16-14-36(15-17-37)13-5-12-35(2)3/h4,6-11,18H,5,12-17H2,1-3H3,(H,31,32,33). The molecule has 2 aromatic heterocycles. The predicted molar refractivity (Wildman–Crippen MR) is 159 cm³/mol. The summed E-state index contributed by atoms with van der Waals surface area (Å²) in [4.78, 5) is 29.4. The molecule has 204 valence electrons. The van der Waals surface area contributed by atoms with Crippen LogP contribution in [0.5, 0.6) is 0 Å². The number of rotatable bonds is 8. The second-order valence-electron chi connectivity index (χ2n) is 9.99. The van der Waals surface area contributed by atoms with Crippen LogP contribution in [0.3, 0.4) is 0 Å². The van der Waals surface area contributed by atoms with Crippen LogP contribution in [0.15, 0.2) is 53.5 Å². The van der Waals surface area contributed by atoms with E-state index in [4.69, 9.17) is 23.2 Å². The first-order valence-corrected chi connectivity index (χ1v) is 13.8. The van der Waals surface area contributed by atoms with Crippen LogP contribution < -0.4 is 15.8 Å². The maximum atomic E-state index is 13.2. The number of benzene rings is 2. The van der Waals surface area contributed by atoms with Crippen molar-refractivity contribution in [2.75, 3.05) is 63.6 Å². The van der Waals surface area contributed by atoms with Gasteiger partial charge in [-0.3, -0.25) is 9.69 Å². The molecule has 1 N–H and O–H groups in total. The molecule has 5 rings (SSSR count). The van der Waals surface area contributed by atoms with Gasteiger partial charge in [-0.2, -0.15) is 9.78 Å². The zero-order chi connectivity index (χ0) is 27.5. The van der Waals surface area contributed by atoms with Gasteiger partial charge in [0.25, 0.3) is 5.56 Å². The first kappa shape index (κ1) is 27.3. The third-order valence-corrected chi connectivity index (χ3v) is 7.50. The maximum Gasteiger partial charge on any atom is 0.282 e. The fourth-order valence-electron chi connectivity index (χ4n) is 4.80. The molecular formula is C28H32Cl2N8O. The van der Waals surface area contributed by atoms with E-state index >= 15 is 0 Å². The summed E-state index contributed by atoms with van der Waals surface area (Å²) in [5.41, 5.74) is 3.04. The van der Waals surface area contributed by atoms with Gasteiger partial charge >= 0.3 is 0 Å². The smallest absolute Gasteiger partial charge is 0.282 e. The molecule has 1 aliphatic heterocycles. The lowest BCUT2D eigenvalue weighted by atomic mass is 10.2. The normalized spacial score (nSPS) is 14.4. The van der Waals surface area contributed by atoms with Gasteiger partial charge in [-0.25, -0.2) is 9.97 Å². The number of halogens is 2. The highest BCUT2D eigenvalue weighted by molar-refractivity contribution is 6.37. The SMILES string of the molecule is Cc1nn(-c2c(Cl)cccc2Cl)c(=O)c2cnc(Nc3ccc(N4CCN(CCCN(C)C)CC4)cc3)nc12. The van der Waals surface area contributed by atoms with Crippen molar-refractivity contribution in [2.24, 2.45) is 0 Å². The Kier molecular flexibility index (Phi) is 8.32. The molecule has 39 heavy (non-hydrogen) atoms. The summed E-state index contributed by atoms with van der Waals surface area (Å²) >= 11 is 12.6. The Hall–Kier alpha value is -3.24. The van der Waals surface area contributed by atoms with Gasteiger partial charge in [0.05, 0.1) is 21.1 Å². The van der Waals surface area contributed by atoms with Crippen molar-refractivity contribution < 1.29 is 0 Å². The van der Waals surface area contributed by atoms with Crippen LogP contribution in [-0.2, 0) is 0 Å². The molecule has 2 aromatic carbocycles. The first-order valence-electron chi connectivity index (χ1n) is 13.0. The molecule has 1 aliphatic rings. The summed E-state index contributed by atoms with van der Waals surface area (Å²) in [5, 5.41) is 8.69. The highest BCUT2D eigenvalue weighted by atomic mass is 35.5. The van der Waals surface area contributed by atoms with Crippen LogP contribution in [0.1, 0.15) is 12.1 Å². The topological polar surface area (TPSA) is 82.4 Å². The van der Waals surface area contributed by atoms with Crippen LogP contribution >= 0.6 is 23.2 Å². The molecule has 3 heterocycles. The minimum atomic E-state index is -0.390. The van der Waals surface area contributed by atoms with Crippen LogP contribution in [0, 0.1) is 6.92 Å². The average molecular weight is 568 g/mol. The zero-order valence-corrected chi connectivity index (χ0v) is 23.9. The molecule has 0 atom stereocenters. The number of fused-ring (bicyclic) bond motifs is 1. The Balaban J connectivity index is 1.27. The largest absolute Gasteiger partial charge is 0.369 e. The molecule has 1 saturated heterocycles. The lowest BCUT2D eigenvalue weighted by Gasteiger charge is -2.36. The Morgan fingerprint density at radius 3 is 2.36 bits per heavy atom. The minimum absolute atomic E-state index is 0.334. The highest BCUT2D eigenvalue weighted by Gasteiger charge is 2.18. The number of piperazine rings is 1. The zero-order valence-electron chi connectivity index (χ0n) is 22.4. The first-order chi connectivity index (χ1) is 18.8. The van der Waals surface area contributed by atoms with Gasteiger partial charge in [-0.05, 0) is 76.9 Å². The minimum Gasteiger partial charge on any atom is -0.369 e. The number of aromatic nitrogens is 4. The van der Waals surface area contributed by atoms with Crippen LogP contribution in [0.25, 0.3) is 16.6 Å². The van der Waals surface area contributed by atoms with E-state index in [1.807, 2.05) is 12.1 Å². The predicted octanol–water partition coefficient (Wildman–Crippen LogP) is 4.61. The Labute approximate surface area is 238 Å². The summed E-state index contributed by atoms with van der Waals surface area (Å²) in [6.45, 7) is 8.26. The van der Waals surface area contributed by atoms with E-state index in [1.165, 1.54) is 23.0 Å². The molecule has 0 aliphatic carbocycles. The number of anilines is 3. The molecule has 1 fully saturated rings. The number of hydrogen-bond acceptors (Lipinski definition) is 8. The number of hydrogen-bond donors (Lipinski definition) is 1. The van der Waals surface area contributed by atoms with E-state index in [0.717, 1.165) is 45.0 Å². The number of aryl methyl sites for hydroxylation is 1. The number of para-hydroxylation sites is 1. The van der Waals surface area contributed by atoms with Crippen molar-refractivity contribution in [3.8, 4) is 5.69 Å². The van der Waals surface area contributed by atoms with Crippen LogP contribution in [0.2, 0.25) is 10.0 Å². The summed E-state index contributed by atoms with van der Waals surface area (Å²) in [6.07, 6.45) is 2.71. The number of nitrogens with one attached hydrogen (secondary N) is 1. The monoisotopic (exact) mass is 566 g/mol. The lowest BCUT2D eigenvalue weighted by Crippen LogP contribution is -2.46. The Morgan fingerprint density at radius 2 is 1.69 bits per heavy atom. The molecule has 11 heteroatoms. The van der Waals surface area contributed by atoms with Gasteiger partial charge in [0.15, 0.2) is 0 Å². The molecule has 0 unspecified atom stereocenters. The molecule has 0 amide bonds. The summed E-state index contributed by atoms with van der Waals surface area (Å²) in [6, 6.07) is 13.3. The van der Waals surface area contributed by atoms with Gasteiger partial charge in [0, 0.05) is 43.8 Å². The summed E-state index contributed by atoms with van der Waals surface area (Å²) in [7, 11) is 4.24. The molecule has 4 aromatic rings. The molecule has 0 radical (unpaired) electrons. The highest BCUT2D eigenvalue weighted by Crippen LogP contribution is 2.28. The fourth-order valence-corrected chi connectivity index (χ4v) is 5.36. The summed E-state index contributed by atoms with van der Waals surface area (Å²) in [5.74, 6) is 0.388. The Bertz CT molecular complexity index is 1490. The van der Waals surface area contributed by atoms with E-state index in [2.05, 4.69) is 61.3 Å². The van der Waals surface area contributed by atoms with Gasteiger partial charge in [-0.15, -0.1) is 0 Å². The summed E-state index contributed by atoms with van der Waals surface area (Å²) < 4.78 is 1.21. The van der Waals surface area contributed by atoms with Gasteiger partial charge < -0.3 is 15.1 Å². The van der Waals surface area contributed by atoms with Crippen LogP contribution in [-0.4, -0.2) is 82.9 Å². The van der Waals surface area contributed by atoms with E-state index in [-0.39, 0.29) is 5.56 Å². The quantitative estimate of drug-likeness (QED) is 0.331. The second kappa shape index (κ2) is 11.9. The molecule has 0 saturated carbocycles. The lowest BCUT2D eigenvalue weighted by molar-refractivity contribution is 0.242. The molecular weight excluding hydrogens is 535 g/mol. The van der Waals surface area contributed by atoms with Crippen molar-refractivity contribution in [2.45, 2.75) is 13.3 Å². The van der Waals surface area contributed by atoms with Gasteiger partial charge in [0.1, 0.15) is 11.2 Å². The van der Waals surface area contributed by atoms with Crippen molar-refractivity contribution >= 4 is 51.4 Å². The van der Waals surface area contributed by atoms with E-state index in [9.17, 15) is 4.79 Å². The van der Waals surface area contributed by atoms with Crippen molar-refractivity contribution in [1.82, 2.24) is 29.5 Å². The van der Waals surface area contributed by atoms with Crippen molar-refractivity contribution in [3.05, 3.63) is 74.8 Å². The molecule has 0 spiro atoms. The van der Waals surface area contributed by atoms with E-state index in [1.54, 1.807) is 25.1 Å². The average Bonchev–Trinajstić information content (AvgIpc) is 2.92. The Morgan fingerprint density at radius 1 is 1.00 bits per heavy atom. The third kappa shape index (κ3) is 6.17. The van der Waals surface area contributed by atoms with Crippen LogP contribution in [0.4, 0.5) is 17.3 Å².